The lowest BCUT2D eigenvalue weighted by atomic mass is 10.0. The first-order valence-corrected chi connectivity index (χ1v) is 23.0. The highest BCUT2D eigenvalue weighted by Gasteiger charge is 2.08. The Kier molecular flexibility index (Phi) is 19.4. The molecule has 0 bridgehead atoms. The quantitative estimate of drug-likeness (QED) is 0.0357. The Labute approximate surface area is 358 Å². The Bertz CT molecular complexity index is 2180. The van der Waals surface area contributed by atoms with Gasteiger partial charge in [-0.1, -0.05) is 121 Å². The molecule has 2 N–H and O–H groups in total. The van der Waals surface area contributed by atoms with Crippen LogP contribution < -0.4 is 10.6 Å². The second-order valence-corrected chi connectivity index (χ2v) is 16.1. The molecule has 7 nitrogen and oxygen atoms in total. The molecule has 0 saturated heterocycles. The van der Waals surface area contributed by atoms with E-state index in [0.717, 1.165) is 109 Å². The number of hydrogen-bond acceptors (Lipinski definition) is 7. The third-order valence-corrected chi connectivity index (χ3v) is 11.3. The number of aryl methyl sites for hydroxylation is 2. The minimum absolute atomic E-state index is 0.373. The number of benzene rings is 4. The van der Waals surface area contributed by atoms with Crippen molar-refractivity contribution < 1.29 is 13.6 Å². The molecule has 2 aromatic heterocycles. The van der Waals surface area contributed by atoms with E-state index in [1.165, 1.54) is 36.8 Å². The average molecular weight is 819 g/mol. The zero-order valence-corrected chi connectivity index (χ0v) is 35.9. The van der Waals surface area contributed by atoms with Gasteiger partial charge in [-0.15, -0.1) is 0 Å². The summed E-state index contributed by atoms with van der Waals surface area (Å²) in [7, 11) is -2.54. The Morgan fingerprint density at radius 3 is 1.43 bits per heavy atom. The minimum Gasteiger partial charge on any atom is -0.313 e. The smallest absolute Gasteiger partial charge is 0.313 e. The first-order chi connectivity index (χ1) is 29.7. The number of unbranched alkanes of at least 4 members (excludes halogenated alkanes) is 6. The van der Waals surface area contributed by atoms with Crippen molar-refractivity contribution in [2.75, 3.05) is 26.3 Å². The van der Waals surface area contributed by atoms with Gasteiger partial charge in [0.05, 0.1) is 24.2 Å². The second kappa shape index (κ2) is 26.2. The Hall–Kier alpha value is -5.11. The summed E-state index contributed by atoms with van der Waals surface area (Å²) in [4.78, 5) is 9.36. The van der Waals surface area contributed by atoms with Gasteiger partial charge >= 0.3 is 8.25 Å². The predicted molar refractivity (Wildman–Crippen MR) is 248 cm³/mol. The Morgan fingerprint density at radius 1 is 0.500 bits per heavy atom. The molecule has 0 aliphatic carbocycles. The molecule has 6 rings (SSSR count). The molecular weight excluding hydrogens is 760 g/mol. The van der Waals surface area contributed by atoms with Crippen LogP contribution in [0.2, 0.25) is 0 Å². The van der Waals surface area contributed by atoms with E-state index in [1.54, 1.807) is 0 Å². The Balaban J connectivity index is 0.811. The van der Waals surface area contributed by atoms with Gasteiger partial charge in [-0.05, 0) is 111 Å². The van der Waals surface area contributed by atoms with Crippen molar-refractivity contribution in [3.8, 4) is 23.7 Å². The summed E-state index contributed by atoms with van der Waals surface area (Å²) in [6.45, 7) is 3.57. The van der Waals surface area contributed by atoms with Crippen molar-refractivity contribution in [3.63, 3.8) is 0 Å². The molecule has 0 radical (unpaired) electrons. The van der Waals surface area contributed by atoms with Gasteiger partial charge < -0.3 is 19.7 Å². The largest absolute Gasteiger partial charge is 0.319 e. The number of aromatic nitrogens is 2. The molecule has 0 aliphatic rings. The molecule has 60 heavy (non-hydrogen) atoms. The maximum Gasteiger partial charge on any atom is 0.319 e. The number of pyridine rings is 2. The van der Waals surface area contributed by atoms with Gasteiger partial charge in [0, 0.05) is 60.2 Å². The fourth-order valence-electron chi connectivity index (χ4n) is 7.20. The van der Waals surface area contributed by atoms with Gasteiger partial charge in [-0.2, -0.15) is 0 Å². The summed E-state index contributed by atoms with van der Waals surface area (Å²) in [5.74, 6) is 13.6. The number of fused-ring (bicyclic) bond motifs is 2. The molecule has 0 spiro atoms. The highest BCUT2D eigenvalue weighted by molar-refractivity contribution is 7.33. The van der Waals surface area contributed by atoms with Gasteiger partial charge in [-0.3, -0.25) is 14.5 Å². The standard InChI is InChI=1S/C52H59N4O3P/c57-60(58-39-19-35-53-41-47-33-31-45(49-29-17-37-55-51(47)49)27-15-5-1-3-9-21-43-23-11-7-12-24-43)59-40-20-36-54-42-48-34-32-46(50-30-18-38-56-52(48)50)28-16-6-2-4-10-22-44-25-13-8-14-26-44/h7-8,11-14,17-18,23-26,29-34,37-38,53-54,60H,1-6,9-10,19-22,35-36,39-42H2. The number of nitrogens with one attached hydrogen (secondary N) is 2. The third kappa shape index (κ3) is 15.2. The van der Waals surface area contributed by atoms with Crippen molar-refractivity contribution in [1.82, 2.24) is 20.6 Å². The fraction of sp³-hybridized carbons (Fsp3) is 0.346. The van der Waals surface area contributed by atoms with Crippen LogP contribution in [-0.4, -0.2) is 36.3 Å². The molecule has 4 aromatic carbocycles. The van der Waals surface area contributed by atoms with Crippen molar-refractivity contribution >= 4 is 30.1 Å². The van der Waals surface area contributed by atoms with E-state index >= 15 is 0 Å². The normalized spacial score (nSPS) is 11.1. The van der Waals surface area contributed by atoms with Gasteiger partial charge in [0.1, 0.15) is 0 Å². The summed E-state index contributed by atoms with van der Waals surface area (Å²) in [6, 6.07) is 37.9. The lowest BCUT2D eigenvalue weighted by Gasteiger charge is -2.10. The molecule has 0 amide bonds. The van der Waals surface area contributed by atoms with Crippen molar-refractivity contribution in [2.45, 2.75) is 90.1 Å². The zero-order valence-electron chi connectivity index (χ0n) is 34.9. The Morgan fingerprint density at radius 2 is 0.967 bits per heavy atom. The SMILES string of the molecule is O=[PH](OCCCNCc1ccc(C#CCCCCCc2ccccc2)c2cccnc12)OCCCNCc1ccc(C#CCCCCCc2ccccc2)c2cccnc12. The topological polar surface area (TPSA) is 85.4 Å². The molecule has 0 atom stereocenters. The van der Waals surface area contributed by atoms with E-state index in [9.17, 15) is 4.57 Å². The van der Waals surface area contributed by atoms with Crippen LogP contribution in [0.25, 0.3) is 21.8 Å². The van der Waals surface area contributed by atoms with Crippen LogP contribution >= 0.6 is 8.25 Å². The molecule has 2 heterocycles. The molecule has 0 aliphatic heterocycles. The second-order valence-electron chi connectivity index (χ2n) is 15.0. The van der Waals surface area contributed by atoms with Crippen LogP contribution in [0.5, 0.6) is 0 Å². The van der Waals surface area contributed by atoms with Crippen molar-refractivity contribution in [2.24, 2.45) is 0 Å². The van der Waals surface area contributed by atoms with Gasteiger partial charge in [-0.25, -0.2) is 0 Å². The minimum atomic E-state index is -2.54. The third-order valence-electron chi connectivity index (χ3n) is 10.4. The maximum absolute atomic E-state index is 12.4. The molecule has 6 aromatic rings. The lowest BCUT2D eigenvalue weighted by Crippen LogP contribution is -2.17. The van der Waals surface area contributed by atoms with Crippen LogP contribution in [0.15, 0.2) is 122 Å². The lowest BCUT2D eigenvalue weighted by molar-refractivity contribution is 0.220. The van der Waals surface area contributed by atoms with Gasteiger partial charge in [0.25, 0.3) is 0 Å². The van der Waals surface area contributed by atoms with Crippen molar-refractivity contribution in [1.29, 1.82) is 0 Å². The first kappa shape index (κ1) is 44.4. The van der Waals surface area contributed by atoms with E-state index in [1.807, 2.05) is 24.5 Å². The van der Waals surface area contributed by atoms with E-state index in [4.69, 9.17) is 9.05 Å². The predicted octanol–water partition coefficient (Wildman–Crippen LogP) is 11.2. The number of rotatable bonds is 24. The number of nitrogens with zero attached hydrogens (tertiary/aromatic N) is 2. The van der Waals surface area contributed by atoms with Gasteiger partial charge in [0.15, 0.2) is 0 Å². The summed E-state index contributed by atoms with van der Waals surface area (Å²) in [6.07, 6.45) is 16.2. The van der Waals surface area contributed by atoms with Crippen LogP contribution in [0, 0.1) is 23.7 Å². The summed E-state index contributed by atoms with van der Waals surface area (Å²) in [5, 5.41) is 9.12. The van der Waals surface area contributed by atoms with Crippen LogP contribution in [0.1, 0.15) is 97.6 Å². The van der Waals surface area contributed by atoms with Crippen LogP contribution in [0.4, 0.5) is 0 Å². The molecule has 0 fully saturated rings. The molecule has 8 heteroatoms. The highest BCUT2D eigenvalue weighted by Crippen LogP contribution is 2.25. The van der Waals surface area contributed by atoms with Crippen molar-refractivity contribution in [3.05, 3.63) is 155 Å². The molecule has 0 saturated carbocycles. The van der Waals surface area contributed by atoms with Gasteiger partial charge in [0.2, 0.25) is 0 Å². The summed E-state index contributed by atoms with van der Waals surface area (Å²) in [5.41, 5.74) is 9.07. The molecule has 310 valence electrons. The fourth-order valence-corrected chi connectivity index (χ4v) is 7.91. The number of hydrogen-bond donors (Lipinski definition) is 2. The summed E-state index contributed by atoms with van der Waals surface area (Å²) >= 11 is 0. The average Bonchev–Trinajstić information content (AvgIpc) is 3.29. The molecular formula is C52H59N4O3P. The zero-order chi connectivity index (χ0) is 41.3. The van der Waals surface area contributed by atoms with E-state index in [-0.39, 0.29) is 0 Å². The van der Waals surface area contributed by atoms with E-state index in [2.05, 4.69) is 141 Å². The first-order valence-electron chi connectivity index (χ1n) is 21.7. The summed E-state index contributed by atoms with van der Waals surface area (Å²) < 4.78 is 23.3. The monoisotopic (exact) mass is 818 g/mol. The maximum atomic E-state index is 12.4. The molecule has 0 unspecified atom stereocenters. The van der Waals surface area contributed by atoms with E-state index < -0.39 is 8.25 Å². The van der Waals surface area contributed by atoms with Crippen LogP contribution in [0.3, 0.4) is 0 Å². The highest BCUT2D eigenvalue weighted by atomic mass is 31.1. The van der Waals surface area contributed by atoms with E-state index in [0.29, 0.717) is 26.3 Å². The van der Waals surface area contributed by atoms with Crippen LogP contribution in [-0.2, 0) is 39.5 Å².